The number of carboxylic acids is 1. The third-order valence-electron chi connectivity index (χ3n) is 4.57. The van der Waals surface area contributed by atoms with E-state index in [1.807, 2.05) is 34.9 Å². The lowest BCUT2D eigenvalue weighted by Crippen LogP contribution is -2.10. The predicted octanol–water partition coefficient (Wildman–Crippen LogP) is 4.40. The van der Waals surface area contributed by atoms with Crippen LogP contribution >= 0.6 is 0 Å². The van der Waals surface area contributed by atoms with Gasteiger partial charge in [-0.05, 0) is 36.4 Å². The van der Waals surface area contributed by atoms with Crippen LogP contribution in [-0.4, -0.2) is 32.1 Å². The number of benzene rings is 1. The SMILES string of the molecule is O=C(O)COc1cc(Oc2nccc3occc23)ccc1-c1cccc2nccn12. The van der Waals surface area contributed by atoms with Gasteiger partial charge in [0, 0.05) is 30.2 Å². The Morgan fingerprint density at radius 3 is 2.93 bits per heavy atom. The molecule has 0 fully saturated rings. The van der Waals surface area contributed by atoms with Gasteiger partial charge in [-0.1, -0.05) is 6.07 Å². The number of ether oxygens (including phenoxy) is 2. The van der Waals surface area contributed by atoms with E-state index in [-0.39, 0.29) is 0 Å². The van der Waals surface area contributed by atoms with Crippen molar-refractivity contribution in [3.63, 3.8) is 0 Å². The molecule has 0 aliphatic carbocycles. The maximum atomic E-state index is 11.1. The van der Waals surface area contributed by atoms with Crippen LogP contribution in [0.2, 0.25) is 0 Å². The van der Waals surface area contributed by atoms with Crippen molar-refractivity contribution in [2.24, 2.45) is 0 Å². The summed E-state index contributed by atoms with van der Waals surface area (Å²) in [4.78, 5) is 19.6. The number of imidazole rings is 1. The van der Waals surface area contributed by atoms with Crippen LogP contribution in [0, 0.1) is 0 Å². The fourth-order valence-electron chi connectivity index (χ4n) is 3.27. The highest BCUT2D eigenvalue weighted by atomic mass is 16.5. The van der Waals surface area contributed by atoms with E-state index in [2.05, 4.69) is 9.97 Å². The molecule has 30 heavy (non-hydrogen) atoms. The lowest BCUT2D eigenvalue weighted by atomic mass is 10.1. The van der Waals surface area contributed by atoms with E-state index in [0.29, 0.717) is 28.5 Å². The van der Waals surface area contributed by atoms with E-state index < -0.39 is 12.6 Å². The fourth-order valence-corrected chi connectivity index (χ4v) is 3.27. The Morgan fingerprint density at radius 2 is 2.03 bits per heavy atom. The summed E-state index contributed by atoms with van der Waals surface area (Å²) in [6.07, 6.45) is 6.69. The molecule has 0 aliphatic heterocycles. The Balaban J connectivity index is 1.57. The van der Waals surface area contributed by atoms with Crippen LogP contribution in [0.25, 0.3) is 27.9 Å². The third-order valence-corrected chi connectivity index (χ3v) is 4.57. The normalized spacial score (nSPS) is 11.1. The number of furan rings is 1. The molecule has 0 saturated carbocycles. The molecule has 5 aromatic rings. The number of hydrogen-bond acceptors (Lipinski definition) is 6. The molecule has 0 aliphatic rings. The van der Waals surface area contributed by atoms with E-state index >= 15 is 0 Å². The number of fused-ring (bicyclic) bond motifs is 2. The zero-order valence-corrected chi connectivity index (χ0v) is 15.6. The number of hydrogen-bond donors (Lipinski definition) is 1. The highest BCUT2D eigenvalue weighted by Gasteiger charge is 2.15. The first kappa shape index (κ1) is 17.7. The largest absolute Gasteiger partial charge is 0.481 e. The van der Waals surface area contributed by atoms with Gasteiger partial charge in [0.1, 0.15) is 22.7 Å². The number of aliphatic carboxylic acids is 1. The second-order valence-corrected chi connectivity index (χ2v) is 6.46. The molecular weight excluding hydrogens is 386 g/mol. The van der Waals surface area contributed by atoms with Crippen LogP contribution in [0.15, 0.2) is 77.8 Å². The average Bonchev–Trinajstić information content (AvgIpc) is 3.42. The summed E-state index contributed by atoms with van der Waals surface area (Å²) in [5, 5.41) is 9.82. The summed E-state index contributed by atoms with van der Waals surface area (Å²) >= 11 is 0. The molecule has 148 valence electrons. The molecule has 0 radical (unpaired) electrons. The van der Waals surface area contributed by atoms with Gasteiger partial charge in [0.15, 0.2) is 6.61 Å². The monoisotopic (exact) mass is 401 g/mol. The molecule has 8 nitrogen and oxygen atoms in total. The minimum Gasteiger partial charge on any atom is -0.481 e. The number of aromatic nitrogens is 3. The molecule has 8 heteroatoms. The molecule has 0 amide bonds. The minimum atomic E-state index is -1.07. The van der Waals surface area contributed by atoms with Gasteiger partial charge in [-0.25, -0.2) is 14.8 Å². The second kappa shape index (κ2) is 7.25. The Bertz CT molecular complexity index is 1370. The van der Waals surface area contributed by atoms with Crippen molar-refractivity contribution in [1.29, 1.82) is 0 Å². The van der Waals surface area contributed by atoms with Crippen LogP contribution in [0.4, 0.5) is 0 Å². The second-order valence-electron chi connectivity index (χ2n) is 6.46. The Kier molecular flexibility index (Phi) is 4.29. The topological polar surface area (TPSA) is 99.1 Å². The van der Waals surface area contributed by atoms with Gasteiger partial charge in [0.25, 0.3) is 0 Å². The molecule has 0 bridgehead atoms. The fraction of sp³-hybridized carbons (Fsp3) is 0.0455. The molecule has 4 heterocycles. The number of rotatable bonds is 6. The number of nitrogens with zero attached hydrogens (tertiary/aromatic N) is 3. The molecule has 0 atom stereocenters. The van der Waals surface area contributed by atoms with Crippen LogP contribution in [-0.2, 0) is 4.79 Å². The zero-order chi connectivity index (χ0) is 20.5. The van der Waals surface area contributed by atoms with E-state index in [9.17, 15) is 4.79 Å². The van der Waals surface area contributed by atoms with E-state index in [4.69, 9.17) is 19.0 Å². The summed E-state index contributed by atoms with van der Waals surface area (Å²) in [7, 11) is 0. The zero-order valence-electron chi connectivity index (χ0n) is 15.6. The van der Waals surface area contributed by atoms with Crippen molar-refractivity contribution in [3.05, 3.63) is 73.4 Å². The van der Waals surface area contributed by atoms with Gasteiger partial charge in [-0.3, -0.25) is 4.40 Å². The van der Waals surface area contributed by atoms with Gasteiger partial charge in [0.2, 0.25) is 5.88 Å². The van der Waals surface area contributed by atoms with Gasteiger partial charge in [-0.15, -0.1) is 0 Å². The van der Waals surface area contributed by atoms with Crippen LogP contribution in [0.3, 0.4) is 0 Å². The summed E-state index contributed by atoms with van der Waals surface area (Å²) in [6.45, 7) is -0.480. The van der Waals surface area contributed by atoms with Crippen molar-refractivity contribution in [2.75, 3.05) is 6.61 Å². The van der Waals surface area contributed by atoms with Crippen LogP contribution in [0.5, 0.6) is 17.4 Å². The lowest BCUT2D eigenvalue weighted by molar-refractivity contribution is -0.139. The number of pyridine rings is 2. The van der Waals surface area contributed by atoms with Crippen molar-refractivity contribution in [1.82, 2.24) is 14.4 Å². The number of carboxylic acid groups (broad SMARTS) is 1. The lowest BCUT2D eigenvalue weighted by Gasteiger charge is -2.14. The first-order valence-corrected chi connectivity index (χ1v) is 9.10. The summed E-state index contributed by atoms with van der Waals surface area (Å²) in [5.74, 6) is 0.140. The Morgan fingerprint density at radius 1 is 1.10 bits per heavy atom. The summed E-state index contributed by atoms with van der Waals surface area (Å²) < 4.78 is 18.8. The van der Waals surface area contributed by atoms with Crippen LogP contribution < -0.4 is 9.47 Å². The van der Waals surface area contributed by atoms with Crippen molar-refractivity contribution < 1.29 is 23.8 Å². The van der Waals surface area contributed by atoms with Crippen LogP contribution in [0.1, 0.15) is 0 Å². The van der Waals surface area contributed by atoms with Gasteiger partial charge in [0.05, 0.1) is 17.3 Å². The summed E-state index contributed by atoms with van der Waals surface area (Å²) in [5.41, 5.74) is 2.95. The molecule has 0 unspecified atom stereocenters. The average molecular weight is 401 g/mol. The smallest absolute Gasteiger partial charge is 0.341 e. The van der Waals surface area contributed by atoms with Gasteiger partial charge in [-0.2, -0.15) is 0 Å². The number of carbonyl (C=O) groups is 1. The Hall–Kier alpha value is -4.33. The summed E-state index contributed by atoms with van der Waals surface area (Å²) in [6, 6.07) is 14.4. The molecule has 5 rings (SSSR count). The standard InChI is InChI=1S/C22H15N3O5/c26-21(27)13-29-19-12-14(30-22-16-7-11-28-18(16)6-8-24-22)4-5-15(19)17-2-1-3-20-23-9-10-25(17)20/h1-12H,13H2,(H,26,27). The first-order chi connectivity index (χ1) is 14.7. The van der Waals surface area contributed by atoms with Gasteiger partial charge >= 0.3 is 5.97 Å². The maximum Gasteiger partial charge on any atom is 0.341 e. The van der Waals surface area contributed by atoms with E-state index in [0.717, 1.165) is 16.7 Å². The minimum absolute atomic E-state index is 0.371. The molecule has 0 saturated heterocycles. The van der Waals surface area contributed by atoms with Gasteiger partial charge < -0.3 is 19.0 Å². The quantitative estimate of drug-likeness (QED) is 0.450. The molecule has 0 spiro atoms. The molecule has 1 aromatic carbocycles. The van der Waals surface area contributed by atoms with Crippen molar-refractivity contribution in [2.45, 2.75) is 0 Å². The predicted molar refractivity (Wildman–Crippen MR) is 108 cm³/mol. The third kappa shape index (κ3) is 3.20. The highest BCUT2D eigenvalue weighted by molar-refractivity contribution is 5.82. The molecule has 4 aromatic heterocycles. The molecular formula is C22H15N3O5. The highest BCUT2D eigenvalue weighted by Crippen LogP contribution is 2.36. The van der Waals surface area contributed by atoms with Crippen molar-refractivity contribution >= 4 is 22.6 Å². The first-order valence-electron chi connectivity index (χ1n) is 9.10. The molecule has 1 N–H and O–H groups in total. The Labute approximate surface area is 169 Å². The van der Waals surface area contributed by atoms with E-state index in [1.54, 1.807) is 42.9 Å². The van der Waals surface area contributed by atoms with E-state index in [1.165, 1.54) is 0 Å². The maximum absolute atomic E-state index is 11.1. The van der Waals surface area contributed by atoms with Crippen molar-refractivity contribution in [3.8, 4) is 28.6 Å².